The smallest absolute Gasteiger partial charge is 0.164 e. The number of para-hydroxylation sites is 1. The van der Waals surface area contributed by atoms with E-state index in [1.807, 2.05) is 78.9 Å². The second kappa shape index (κ2) is 10.5. The van der Waals surface area contributed by atoms with Gasteiger partial charge in [-0.2, -0.15) is 0 Å². The molecular formula is C38H25N5. The molecule has 0 bridgehead atoms. The van der Waals surface area contributed by atoms with E-state index in [0.717, 1.165) is 55.6 Å². The van der Waals surface area contributed by atoms with Crippen LogP contribution >= 0.6 is 0 Å². The summed E-state index contributed by atoms with van der Waals surface area (Å²) < 4.78 is 2.23. The Morgan fingerprint density at radius 2 is 0.907 bits per heavy atom. The van der Waals surface area contributed by atoms with Gasteiger partial charge >= 0.3 is 0 Å². The predicted octanol–water partition coefficient (Wildman–Crippen LogP) is 9.03. The highest BCUT2D eigenvalue weighted by atomic mass is 15.1. The van der Waals surface area contributed by atoms with Gasteiger partial charge in [-0.1, -0.05) is 121 Å². The zero-order chi connectivity index (χ0) is 28.6. The maximum absolute atomic E-state index is 5.19. The number of benzene rings is 5. The summed E-state index contributed by atoms with van der Waals surface area (Å²) in [7, 11) is 0. The van der Waals surface area contributed by atoms with Crippen molar-refractivity contribution in [1.82, 2.24) is 24.5 Å². The number of hydrogen-bond acceptors (Lipinski definition) is 4. The second-order valence-electron chi connectivity index (χ2n) is 10.4. The predicted molar refractivity (Wildman–Crippen MR) is 174 cm³/mol. The van der Waals surface area contributed by atoms with Crippen LogP contribution in [0.1, 0.15) is 0 Å². The lowest BCUT2D eigenvalue weighted by Crippen LogP contribution is -2.01. The van der Waals surface area contributed by atoms with E-state index in [0.29, 0.717) is 17.5 Å². The summed E-state index contributed by atoms with van der Waals surface area (Å²) in [5, 5.41) is 2.27. The number of aromatic nitrogens is 5. The lowest BCUT2D eigenvalue weighted by atomic mass is 10.1. The highest BCUT2D eigenvalue weighted by Crippen LogP contribution is 2.34. The van der Waals surface area contributed by atoms with Crippen LogP contribution in [0.3, 0.4) is 0 Å². The average Bonchev–Trinajstić information content (AvgIpc) is 3.43. The molecule has 0 aliphatic heterocycles. The SMILES string of the molecule is c1ccc(-c2ccc3c4ccccc4n(-c4cccc(-c5nc(-c6ccccc6)nc(-c6ccccc6)n5)c4)c3n2)cc1. The van der Waals surface area contributed by atoms with Crippen LogP contribution in [0.15, 0.2) is 152 Å². The maximum atomic E-state index is 5.19. The Morgan fingerprint density at radius 3 is 1.56 bits per heavy atom. The molecule has 8 aromatic rings. The molecule has 5 nitrogen and oxygen atoms in total. The summed E-state index contributed by atoms with van der Waals surface area (Å²) in [6, 6.07) is 51.5. The van der Waals surface area contributed by atoms with Crippen molar-refractivity contribution in [1.29, 1.82) is 0 Å². The molecule has 5 aromatic carbocycles. The molecular weight excluding hydrogens is 526 g/mol. The largest absolute Gasteiger partial charge is 0.294 e. The lowest BCUT2D eigenvalue weighted by molar-refractivity contribution is 1.07. The Bertz CT molecular complexity index is 2170. The minimum absolute atomic E-state index is 0.619. The normalized spacial score (nSPS) is 11.3. The Labute approximate surface area is 248 Å². The zero-order valence-corrected chi connectivity index (χ0v) is 23.2. The van der Waals surface area contributed by atoms with Crippen LogP contribution in [0, 0.1) is 0 Å². The molecule has 43 heavy (non-hydrogen) atoms. The van der Waals surface area contributed by atoms with Crippen molar-refractivity contribution in [2.45, 2.75) is 0 Å². The average molecular weight is 552 g/mol. The maximum Gasteiger partial charge on any atom is 0.164 e. The number of fused-ring (bicyclic) bond motifs is 3. The molecule has 0 spiro atoms. The summed E-state index contributed by atoms with van der Waals surface area (Å²) in [5.74, 6) is 1.90. The van der Waals surface area contributed by atoms with Gasteiger partial charge in [-0.25, -0.2) is 19.9 Å². The Morgan fingerprint density at radius 1 is 0.372 bits per heavy atom. The summed E-state index contributed by atoms with van der Waals surface area (Å²) >= 11 is 0. The van der Waals surface area contributed by atoms with E-state index in [4.69, 9.17) is 19.9 Å². The van der Waals surface area contributed by atoms with Crippen LogP contribution in [-0.4, -0.2) is 24.5 Å². The van der Waals surface area contributed by atoms with Crippen molar-refractivity contribution in [3.05, 3.63) is 152 Å². The van der Waals surface area contributed by atoms with Crippen molar-refractivity contribution >= 4 is 21.9 Å². The number of hydrogen-bond donors (Lipinski definition) is 0. The minimum atomic E-state index is 0.619. The third kappa shape index (κ3) is 4.53. The first-order valence-corrected chi connectivity index (χ1v) is 14.3. The third-order valence-electron chi connectivity index (χ3n) is 7.65. The first-order chi connectivity index (χ1) is 21.3. The van der Waals surface area contributed by atoms with Crippen LogP contribution in [0.25, 0.3) is 73.0 Å². The van der Waals surface area contributed by atoms with Crippen molar-refractivity contribution in [2.75, 3.05) is 0 Å². The minimum Gasteiger partial charge on any atom is -0.294 e. The fourth-order valence-electron chi connectivity index (χ4n) is 5.59. The van der Waals surface area contributed by atoms with Gasteiger partial charge in [0.05, 0.1) is 11.2 Å². The molecule has 202 valence electrons. The first kappa shape index (κ1) is 24.8. The van der Waals surface area contributed by atoms with E-state index >= 15 is 0 Å². The van der Waals surface area contributed by atoms with Crippen LogP contribution in [0.5, 0.6) is 0 Å². The summed E-state index contributed by atoms with van der Waals surface area (Å²) in [5.41, 5.74) is 7.80. The van der Waals surface area contributed by atoms with Gasteiger partial charge in [0.1, 0.15) is 5.65 Å². The van der Waals surface area contributed by atoms with Gasteiger partial charge < -0.3 is 0 Å². The van der Waals surface area contributed by atoms with Gasteiger partial charge in [-0.3, -0.25) is 4.57 Å². The molecule has 0 saturated carbocycles. The Balaban J connectivity index is 1.33. The standard InChI is InChI=1S/C38H25N5/c1-4-13-26(14-5-1)33-24-23-32-31-21-10-11-22-34(31)43(38(32)39-33)30-20-12-19-29(25-30)37-41-35(27-15-6-2-7-16-27)40-36(42-37)28-17-8-3-9-18-28/h1-25H. The fourth-order valence-corrected chi connectivity index (χ4v) is 5.59. The van der Waals surface area contributed by atoms with E-state index in [1.165, 1.54) is 0 Å². The number of pyridine rings is 1. The van der Waals surface area contributed by atoms with Gasteiger partial charge in [0.2, 0.25) is 0 Å². The summed E-state index contributed by atoms with van der Waals surface area (Å²) in [6.07, 6.45) is 0. The highest BCUT2D eigenvalue weighted by molar-refractivity contribution is 6.08. The molecule has 0 aliphatic rings. The van der Waals surface area contributed by atoms with Gasteiger partial charge in [0.15, 0.2) is 17.5 Å². The molecule has 0 radical (unpaired) electrons. The van der Waals surface area contributed by atoms with Gasteiger partial charge in [0.25, 0.3) is 0 Å². The Kier molecular flexibility index (Phi) is 6.05. The molecule has 0 N–H and O–H groups in total. The molecule has 0 fully saturated rings. The van der Waals surface area contributed by atoms with E-state index in [9.17, 15) is 0 Å². The van der Waals surface area contributed by atoms with Crippen molar-refractivity contribution in [3.8, 4) is 51.1 Å². The van der Waals surface area contributed by atoms with Crippen LogP contribution in [0.2, 0.25) is 0 Å². The molecule has 0 atom stereocenters. The van der Waals surface area contributed by atoms with Gasteiger partial charge in [-0.15, -0.1) is 0 Å². The van der Waals surface area contributed by atoms with Crippen LogP contribution in [-0.2, 0) is 0 Å². The van der Waals surface area contributed by atoms with Gasteiger partial charge in [-0.05, 0) is 30.3 Å². The van der Waals surface area contributed by atoms with Crippen LogP contribution < -0.4 is 0 Å². The quantitative estimate of drug-likeness (QED) is 0.214. The van der Waals surface area contributed by atoms with E-state index in [1.54, 1.807) is 0 Å². The van der Waals surface area contributed by atoms with Crippen LogP contribution in [0.4, 0.5) is 0 Å². The Hall–Kier alpha value is -5.94. The molecule has 5 heteroatoms. The molecule has 0 amide bonds. The molecule has 8 rings (SSSR count). The highest BCUT2D eigenvalue weighted by Gasteiger charge is 2.17. The monoisotopic (exact) mass is 551 g/mol. The first-order valence-electron chi connectivity index (χ1n) is 14.3. The second-order valence-corrected chi connectivity index (χ2v) is 10.4. The van der Waals surface area contributed by atoms with Crippen molar-refractivity contribution in [3.63, 3.8) is 0 Å². The van der Waals surface area contributed by atoms with Crippen molar-refractivity contribution in [2.24, 2.45) is 0 Å². The van der Waals surface area contributed by atoms with E-state index in [-0.39, 0.29) is 0 Å². The molecule has 3 aromatic heterocycles. The number of nitrogens with zero attached hydrogens (tertiary/aromatic N) is 5. The summed E-state index contributed by atoms with van der Waals surface area (Å²) in [4.78, 5) is 20.0. The number of rotatable bonds is 5. The molecule has 0 aliphatic carbocycles. The topological polar surface area (TPSA) is 56.5 Å². The zero-order valence-electron chi connectivity index (χ0n) is 23.2. The van der Waals surface area contributed by atoms with Crippen molar-refractivity contribution < 1.29 is 0 Å². The third-order valence-corrected chi connectivity index (χ3v) is 7.65. The molecule has 0 saturated heterocycles. The van der Waals surface area contributed by atoms with E-state index in [2.05, 4.69) is 77.4 Å². The molecule has 0 unspecified atom stereocenters. The fraction of sp³-hybridized carbons (Fsp3) is 0. The molecule has 3 heterocycles. The lowest BCUT2D eigenvalue weighted by Gasteiger charge is -2.11. The van der Waals surface area contributed by atoms with E-state index < -0.39 is 0 Å². The summed E-state index contributed by atoms with van der Waals surface area (Å²) in [6.45, 7) is 0. The van der Waals surface area contributed by atoms with Gasteiger partial charge in [0, 0.05) is 38.7 Å².